The number of nitrogens with zero attached hydrogens (tertiary/aromatic N) is 1. The van der Waals surface area contributed by atoms with Gasteiger partial charge in [-0.3, -0.25) is 0 Å². The van der Waals surface area contributed by atoms with Gasteiger partial charge in [0.15, 0.2) is 0 Å². The summed E-state index contributed by atoms with van der Waals surface area (Å²) in [5, 5.41) is 0. The molecule has 0 saturated heterocycles. The Hall–Kier alpha value is -1.65. The SMILES string of the molecule is CN(C1CC1)S(=O)(=O)c1ccccc1-c1ccccc1. The second kappa shape index (κ2) is 5.04. The lowest BCUT2D eigenvalue weighted by Crippen LogP contribution is -2.29. The van der Waals surface area contributed by atoms with Crippen LogP contribution in [0.2, 0.25) is 0 Å². The molecular weight excluding hydrogens is 270 g/mol. The molecule has 20 heavy (non-hydrogen) atoms. The van der Waals surface area contributed by atoms with Crippen LogP contribution < -0.4 is 0 Å². The summed E-state index contributed by atoms with van der Waals surface area (Å²) in [6.45, 7) is 0. The molecule has 1 aliphatic rings. The molecule has 0 amide bonds. The molecule has 0 spiro atoms. The lowest BCUT2D eigenvalue weighted by molar-refractivity contribution is 0.464. The van der Waals surface area contributed by atoms with Gasteiger partial charge in [-0.05, 0) is 24.5 Å². The zero-order chi connectivity index (χ0) is 14.2. The van der Waals surface area contributed by atoms with Crippen molar-refractivity contribution in [1.29, 1.82) is 0 Å². The Morgan fingerprint density at radius 1 is 0.950 bits per heavy atom. The van der Waals surface area contributed by atoms with Crippen LogP contribution in [0, 0.1) is 0 Å². The maximum atomic E-state index is 12.7. The largest absolute Gasteiger partial charge is 0.243 e. The molecule has 4 heteroatoms. The van der Waals surface area contributed by atoms with Crippen molar-refractivity contribution in [2.45, 2.75) is 23.8 Å². The van der Waals surface area contributed by atoms with Crippen molar-refractivity contribution in [3.05, 3.63) is 54.6 Å². The fraction of sp³-hybridized carbons (Fsp3) is 0.250. The van der Waals surface area contributed by atoms with E-state index in [2.05, 4.69) is 0 Å². The molecule has 0 unspecified atom stereocenters. The highest BCUT2D eigenvalue weighted by atomic mass is 32.2. The first-order chi connectivity index (χ1) is 9.60. The maximum Gasteiger partial charge on any atom is 0.243 e. The first-order valence-corrected chi connectivity index (χ1v) is 8.17. The smallest absolute Gasteiger partial charge is 0.207 e. The van der Waals surface area contributed by atoms with E-state index >= 15 is 0 Å². The average Bonchev–Trinajstić information content (AvgIpc) is 3.32. The predicted octanol–water partition coefficient (Wildman–Crippen LogP) is 3.14. The lowest BCUT2D eigenvalue weighted by Gasteiger charge is -2.18. The van der Waals surface area contributed by atoms with Crippen molar-refractivity contribution >= 4 is 10.0 Å². The van der Waals surface area contributed by atoms with Crippen LogP contribution in [-0.4, -0.2) is 25.8 Å². The van der Waals surface area contributed by atoms with Crippen molar-refractivity contribution in [1.82, 2.24) is 4.31 Å². The van der Waals surface area contributed by atoms with E-state index in [1.165, 1.54) is 4.31 Å². The van der Waals surface area contributed by atoms with E-state index in [1.807, 2.05) is 42.5 Å². The zero-order valence-corrected chi connectivity index (χ0v) is 12.2. The van der Waals surface area contributed by atoms with Crippen LogP contribution in [0.1, 0.15) is 12.8 Å². The van der Waals surface area contributed by atoms with E-state index in [0.29, 0.717) is 4.90 Å². The van der Waals surface area contributed by atoms with Crippen molar-refractivity contribution < 1.29 is 8.42 Å². The van der Waals surface area contributed by atoms with Crippen LogP contribution in [0.5, 0.6) is 0 Å². The number of rotatable bonds is 4. The third-order valence-corrected chi connectivity index (χ3v) is 5.66. The standard InChI is InChI=1S/C16H17NO2S/c1-17(14-11-12-14)20(18,19)16-10-6-5-9-15(16)13-7-3-2-4-8-13/h2-10,14H,11-12H2,1H3. The minimum atomic E-state index is -3.42. The Kier molecular flexibility index (Phi) is 3.36. The summed E-state index contributed by atoms with van der Waals surface area (Å²) in [6, 6.07) is 17.0. The van der Waals surface area contributed by atoms with E-state index in [-0.39, 0.29) is 6.04 Å². The fourth-order valence-electron chi connectivity index (χ4n) is 2.34. The Labute approximate surface area is 119 Å². The van der Waals surface area contributed by atoms with Crippen molar-refractivity contribution in [2.24, 2.45) is 0 Å². The topological polar surface area (TPSA) is 37.4 Å². The molecule has 0 bridgehead atoms. The summed E-state index contributed by atoms with van der Waals surface area (Å²) >= 11 is 0. The van der Waals surface area contributed by atoms with Gasteiger partial charge < -0.3 is 0 Å². The molecule has 2 aromatic carbocycles. The van der Waals surface area contributed by atoms with Gasteiger partial charge in [0.2, 0.25) is 10.0 Å². The molecule has 3 nitrogen and oxygen atoms in total. The second-order valence-corrected chi connectivity index (χ2v) is 7.08. The van der Waals surface area contributed by atoms with Gasteiger partial charge >= 0.3 is 0 Å². The van der Waals surface area contributed by atoms with Gasteiger partial charge in [-0.15, -0.1) is 0 Å². The molecule has 0 atom stereocenters. The second-order valence-electron chi connectivity index (χ2n) is 5.11. The van der Waals surface area contributed by atoms with Gasteiger partial charge in [-0.1, -0.05) is 48.5 Å². The molecular formula is C16H17NO2S. The first-order valence-electron chi connectivity index (χ1n) is 6.73. The summed E-state index contributed by atoms with van der Waals surface area (Å²) in [7, 11) is -1.75. The predicted molar refractivity (Wildman–Crippen MR) is 79.8 cm³/mol. The Bertz CT molecular complexity index is 706. The van der Waals surface area contributed by atoms with Gasteiger partial charge in [-0.25, -0.2) is 8.42 Å². The molecule has 1 fully saturated rings. The minimum Gasteiger partial charge on any atom is -0.207 e. The van der Waals surface area contributed by atoms with Crippen LogP contribution in [0.3, 0.4) is 0 Å². The van der Waals surface area contributed by atoms with E-state index < -0.39 is 10.0 Å². The van der Waals surface area contributed by atoms with Gasteiger partial charge in [0.25, 0.3) is 0 Å². The molecule has 0 N–H and O–H groups in total. The van der Waals surface area contributed by atoms with E-state index in [4.69, 9.17) is 0 Å². The molecule has 2 aromatic rings. The first kappa shape index (κ1) is 13.3. The maximum absolute atomic E-state index is 12.7. The molecule has 0 aliphatic heterocycles. The van der Waals surface area contributed by atoms with E-state index in [9.17, 15) is 8.42 Å². The molecule has 3 rings (SSSR count). The highest BCUT2D eigenvalue weighted by Crippen LogP contribution is 2.34. The Morgan fingerprint density at radius 3 is 2.20 bits per heavy atom. The van der Waals surface area contributed by atoms with Crippen LogP contribution in [0.25, 0.3) is 11.1 Å². The number of sulfonamides is 1. The summed E-state index contributed by atoms with van der Waals surface area (Å²) in [5.74, 6) is 0. The average molecular weight is 287 g/mol. The van der Waals surface area contributed by atoms with Crippen LogP contribution >= 0.6 is 0 Å². The normalized spacial score (nSPS) is 15.5. The van der Waals surface area contributed by atoms with E-state index in [1.54, 1.807) is 19.2 Å². The van der Waals surface area contributed by atoms with Gasteiger partial charge in [0, 0.05) is 18.7 Å². The molecule has 1 aliphatic carbocycles. The van der Waals surface area contributed by atoms with Crippen molar-refractivity contribution in [3.63, 3.8) is 0 Å². The third-order valence-electron chi connectivity index (χ3n) is 3.69. The molecule has 0 heterocycles. The summed E-state index contributed by atoms with van der Waals surface area (Å²) < 4.78 is 27.0. The monoisotopic (exact) mass is 287 g/mol. The van der Waals surface area contributed by atoms with Gasteiger partial charge in [0.05, 0.1) is 4.90 Å². The number of benzene rings is 2. The van der Waals surface area contributed by atoms with Gasteiger partial charge in [-0.2, -0.15) is 4.31 Å². The Balaban J connectivity index is 2.11. The summed E-state index contributed by atoms with van der Waals surface area (Å²) in [4.78, 5) is 0.389. The van der Waals surface area contributed by atoms with Gasteiger partial charge in [0.1, 0.15) is 0 Å². The molecule has 1 saturated carbocycles. The highest BCUT2D eigenvalue weighted by Gasteiger charge is 2.35. The van der Waals surface area contributed by atoms with Crippen LogP contribution in [0.4, 0.5) is 0 Å². The minimum absolute atomic E-state index is 0.170. The highest BCUT2D eigenvalue weighted by molar-refractivity contribution is 7.89. The third kappa shape index (κ3) is 2.37. The summed E-state index contributed by atoms with van der Waals surface area (Å²) in [5.41, 5.74) is 1.69. The van der Waals surface area contributed by atoms with Crippen molar-refractivity contribution in [2.75, 3.05) is 7.05 Å². The molecule has 0 aromatic heterocycles. The van der Waals surface area contributed by atoms with E-state index in [0.717, 1.165) is 24.0 Å². The number of hydrogen-bond donors (Lipinski definition) is 0. The van der Waals surface area contributed by atoms with Crippen LogP contribution in [0.15, 0.2) is 59.5 Å². The quantitative estimate of drug-likeness (QED) is 0.866. The zero-order valence-electron chi connectivity index (χ0n) is 11.4. The molecule has 104 valence electrons. The lowest BCUT2D eigenvalue weighted by atomic mass is 10.1. The number of hydrogen-bond acceptors (Lipinski definition) is 2. The van der Waals surface area contributed by atoms with Crippen molar-refractivity contribution in [3.8, 4) is 11.1 Å². The van der Waals surface area contributed by atoms with Crippen LogP contribution in [-0.2, 0) is 10.0 Å². The fourth-order valence-corrected chi connectivity index (χ4v) is 3.97. The molecule has 0 radical (unpaired) electrons. The summed E-state index contributed by atoms with van der Waals surface area (Å²) in [6.07, 6.45) is 1.92. The Morgan fingerprint density at radius 2 is 1.55 bits per heavy atom.